The van der Waals surface area contributed by atoms with E-state index < -0.39 is 12.1 Å². The number of benzene rings is 2. The van der Waals surface area contributed by atoms with Crippen molar-refractivity contribution in [1.29, 1.82) is 0 Å². The fourth-order valence-corrected chi connectivity index (χ4v) is 2.54. The minimum Gasteiger partial charge on any atom is -0.493 e. The van der Waals surface area contributed by atoms with Gasteiger partial charge in [0.2, 0.25) is 0 Å². The van der Waals surface area contributed by atoms with Gasteiger partial charge in [-0.25, -0.2) is 9.78 Å². The number of aromatic amines is 1. The Balaban J connectivity index is 1.84. The molecule has 1 heterocycles. The molecule has 0 spiro atoms. The Morgan fingerprint density at radius 3 is 2.54 bits per heavy atom. The first kappa shape index (κ1) is 17.5. The summed E-state index contributed by atoms with van der Waals surface area (Å²) in [6, 6.07) is 11.7. The van der Waals surface area contributed by atoms with Gasteiger partial charge in [0.25, 0.3) is 5.56 Å². The number of nitrogens with one attached hydrogen (secondary N) is 1. The molecular formula is C19H18N2O5. The maximum Gasteiger partial charge on any atom is 0.338 e. The largest absolute Gasteiger partial charge is 0.493 e. The van der Waals surface area contributed by atoms with Crippen LogP contribution in [-0.4, -0.2) is 30.2 Å². The zero-order chi connectivity index (χ0) is 18.7. The van der Waals surface area contributed by atoms with Crippen molar-refractivity contribution in [3.63, 3.8) is 0 Å². The van der Waals surface area contributed by atoms with Crippen LogP contribution in [0.25, 0.3) is 10.9 Å². The Kier molecular flexibility index (Phi) is 4.88. The molecule has 2 aromatic carbocycles. The predicted octanol–water partition coefficient (Wildman–Crippen LogP) is 2.86. The lowest BCUT2D eigenvalue weighted by Crippen LogP contribution is -2.17. The summed E-state index contributed by atoms with van der Waals surface area (Å²) in [7, 11) is 3.00. The molecule has 3 aromatic rings. The molecule has 1 atom stereocenters. The summed E-state index contributed by atoms with van der Waals surface area (Å²) in [6.45, 7) is 1.64. The number of H-pyrrole nitrogens is 1. The van der Waals surface area contributed by atoms with Gasteiger partial charge in [-0.15, -0.1) is 0 Å². The summed E-state index contributed by atoms with van der Waals surface area (Å²) in [4.78, 5) is 31.6. The lowest BCUT2D eigenvalue weighted by atomic mass is 10.2. The maximum atomic E-state index is 12.4. The van der Waals surface area contributed by atoms with Gasteiger partial charge in [0, 0.05) is 0 Å². The van der Waals surface area contributed by atoms with Gasteiger partial charge in [-0.05, 0) is 37.3 Å². The number of nitrogens with zero attached hydrogens (tertiary/aromatic N) is 1. The molecule has 0 aliphatic rings. The Morgan fingerprint density at radius 1 is 1.08 bits per heavy atom. The molecule has 0 aliphatic heterocycles. The molecule has 7 heteroatoms. The highest BCUT2D eigenvalue weighted by molar-refractivity contribution is 5.90. The molecule has 0 saturated heterocycles. The molecule has 0 aliphatic carbocycles. The number of hydrogen-bond donors (Lipinski definition) is 1. The average Bonchev–Trinajstić information content (AvgIpc) is 2.67. The lowest BCUT2D eigenvalue weighted by Gasteiger charge is -2.14. The molecule has 134 valence electrons. The minimum absolute atomic E-state index is 0.278. The second kappa shape index (κ2) is 7.26. The molecule has 0 unspecified atom stereocenters. The van der Waals surface area contributed by atoms with Crippen molar-refractivity contribution in [3.8, 4) is 11.5 Å². The van der Waals surface area contributed by atoms with Gasteiger partial charge in [-0.2, -0.15) is 0 Å². The Morgan fingerprint density at radius 2 is 1.81 bits per heavy atom. The summed E-state index contributed by atoms with van der Waals surface area (Å²) in [5, 5.41) is 0.481. The van der Waals surface area contributed by atoms with Crippen molar-refractivity contribution in [2.75, 3.05) is 14.2 Å². The number of methoxy groups -OCH3 is 2. The van der Waals surface area contributed by atoms with E-state index in [1.54, 1.807) is 43.3 Å². The number of para-hydroxylation sites is 1. The van der Waals surface area contributed by atoms with Crippen LogP contribution in [0.1, 0.15) is 29.2 Å². The molecule has 0 bridgehead atoms. The van der Waals surface area contributed by atoms with Crippen LogP contribution in [0.15, 0.2) is 47.3 Å². The number of aromatic nitrogens is 2. The van der Waals surface area contributed by atoms with Gasteiger partial charge < -0.3 is 19.2 Å². The highest BCUT2D eigenvalue weighted by Gasteiger charge is 2.18. The van der Waals surface area contributed by atoms with E-state index >= 15 is 0 Å². The Labute approximate surface area is 149 Å². The SMILES string of the molecule is COc1ccc(C(=O)O[C@H](C)c2nc3ccccc3c(=O)[nH]2)cc1OC. The van der Waals surface area contributed by atoms with E-state index in [1.165, 1.54) is 20.3 Å². The van der Waals surface area contributed by atoms with Crippen LogP contribution < -0.4 is 15.0 Å². The third-order valence-electron chi connectivity index (χ3n) is 3.92. The van der Waals surface area contributed by atoms with E-state index in [0.29, 0.717) is 28.0 Å². The monoisotopic (exact) mass is 354 g/mol. The number of fused-ring (bicyclic) bond motifs is 1. The number of carbonyl (C=O) groups is 1. The summed E-state index contributed by atoms with van der Waals surface area (Å²) < 4.78 is 15.8. The van der Waals surface area contributed by atoms with Crippen molar-refractivity contribution in [2.24, 2.45) is 0 Å². The van der Waals surface area contributed by atoms with Crippen molar-refractivity contribution in [2.45, 2.75) is 13.0 Å². The van der Waals surface area contributed by atoms with Crippen molar-refractivity contribution >= 4 is 16.9 Å². The zero-order valence-electron chi connectivity index (χ0n) is 14.6. The van der Waals surface area contributed by atoms with Crippen LogP contribution in [0.5, 0.6) is 11.5 Å². The molecule has 7 nitrogen and oxygen atoms in total. The van der Waals surface area contributed by atoms with Gasteiger partial charge in [0.1, 0.15) is 0 Å². The summed E-state index contributed by atoms with van der Waals surface area (Å²) in [5.41, 5.74) is 0.567. The second-order valence-corrected chi connectivity index (χ2v) is 5.59. The van der Waals surface area contributed by atoms with E-state index in [1.807, 2.05) is 0 Å². The number of ether oxygens (including phenoxy) is 3. The molecule has 0 fully saturated rings. The number of esters is 1. The van der Waals surface area contributed by atoms with Crippen LogP contribution in [0.3, 0.4) is 0 Å². The predicted molar refractivity (Wildman–Crippen MR) is 95.7 cm³/mol. The summed E-state index contributed by atoms with van der Waals surface area (Å²) in [5.74, 6) is 0.654. The summed E-state index contributed by atoms with van der Waals surface area (Å²) >= 11 is 0. The topological polar surface area (TPSA) is 90.5 Å². The van der Waals surface area contributed by atoms with Crippen molar-refractivity contribution < 1.29 is 19.0 Å². The van der Waals surface area contributed by atoms with Crippen LogP contribution in [0.4, 0.5) is 0 Å². The maximum absolute atomic E-state index is 12.4. The highest BCUT2D eigenvalue weighted by atomic mass is 16.5. The first-order chi connectivity index (χ1) is 12.5. The van der Waals surface area contributed by atoms with Crippen LogP contribution in [0, 0.1) is 0 Å². The number of hydrogen-bond acceptors (Lipinski definition) is 6. The minimum atomic E-state index is -0.729. The fraction of sp³-hybridized carbons (Fsp3) is 0.211. The van der Waals surface area contributed by atoms with E-state index in [4.69, 9.17) is 14.2 Å². The first-order valence-electron chi connectivity index (χ1n) is 7.95. The molecule has 3 rings (SSSR count). The van der Waals surface area contributed by atoms with E-state index in [2.05, 4.69) is 9.97 Å². The summed E-state index contributed by atoms with van der Waals surface area (Å²) in [6.07, 6.45) is -0.729. The molecular weight excluding hydrogens is 336 g/mol. The Bertz CT molecular complexity index is 1010. The quantitative estimate of drug-likeness (QED) is 0.709. The highest BCUT2D eigenvalue weighted by Crippen LogP contribution is 2.28. The second-order valence-electron chi connectivity index (χ2n) is 5.59. The average molecular weight is 354 g/mol. The van der Waals surface area contributed by atoms with Gasteiger partial charge in [0.05, 0.1) is 30.7 Å². The third kappa shape index (κ3) is 3.37. The smallest absolute Gasteiger partial charge is 0.338 e. The van der Waals surface area contributed by atoms with E-state index in [0.717, 1.165) is 0 Å². The van der Waals surface area contributed by atoms with Crippen molar-refractivity contribution in [1.82, 2.24) is 9.97 Å². The molecule has 1 aromatic heterocycles. The standard InChI is InChI=1S/C19H18N2O5/c1-11(17-20-14-7-5-4-6-13(14)18(22)21-17)26-19(23)12-8-9-15(24-2)16(10-12)25-3/h4-11H,1-3H3,(H,20,21,22)/t11-/m1/s1. The molecule has 26 heavy (non-hydrogen) atoms. The zero-order valence-corrected chi connectivity index (χ0v) is 14.6. The van der Waals surface area contributed by atoms with Crippen LogP contribution >= 0.6 is 0 Å². The van der Waals surface area contributed by atoms with Gasteiger partial charge in [-0.3, -0.25) is 4.79 Å². The third-order valence-corrected chi connectivity index (χ3v) is 3.92. The van der Waals surface area contributed by atoms with Gasteiger partial charge in [-0.1, -0.05) is 12.1 Å². The fourth-order valence-electron chi connectivity index (χ4n) is 2.54. The van der Waals surface area contributed by atoms with Gasteiger partial charge >= 0.3 is 5.97 Å². The lowest BCUT2D eigenvalue weighted by molar-refractivity contribution is 0.0319. The van der Waals surface area contributed by atoms with Crippen LogP contribution in [0.2, 0.25) is 0 Å². The normalized spacial score (nSPS) is 11.8. The van der Waals surface area contributed by atoms with Gasteiger partial charge in [0.15, 0.2) is 23.4 Å². The molecule has 0 radical (unpaired) electrons. The van der Waals surface area contributed by atoms with E-state index in [9.17, 15) is 9.59 Å². The van der Waals surface area contributed by atoms with Crippen LogP contribution in [-0.2, 0) is 4.74 Å². The molecule has 1 N–H and O–H groups in total. The first-order valence-corrected chi connectivity index (χ1v) is 7.95. The van der Waals surface area contributed by atoms with Crippen molar-refractivity contribution in [3.05, 3.63) is 64.2 Å². The van der Waals surface area contributed by atoms with E-state index in [-0.39, 0.29) is 11.4 Å². The number of carbonyl (C=O) groups excluding carboxylic acids is 1. The molecule has 0 saturated carbocycles. The molecule has 0 amide bonds. The Hall–Kier alpha value is -3.35. The number of rotatable bonds is 5.